The smallest absolute Gasteiger partial charge is 0.392 e. The van der Waals surface area contributed by atoms with Gasteiger partial charge in [0.1, 0.15) is 17.8 Å². The van der Waals surface area contributed by atoms with E-state index >= 15 is 0 Å². The zero-order chi connectivity index (χ0) is 41.9. The molecule has 2 saturated heterocycles. The molecular formula is C43H67F3O10. The molecule has 13 heteroatoms. The van der Waals surface area contributed by atoms with Crippen LogP contribution in [-0.4, -0.2) is 67.0 Å². The lowest BCUT2D eigenvalue weighted by Crippen LogP contribution is -2.53. The Balaban J connectivity index is 0.000000195. The van der Waals surface area contributed by atoms with E-state index in [1.165, 1.54) is 19.3 Å². The summed E-state index contributed by atoms with van der Waals surface area (Å²) in [6, 6.07) is 0. The Bertz CT molecular complexity index is 1380. The number of esters is 5. The second kappa shape index (κ2) is 18.0. The molecule has 0 aromatic rings. The number of carbonyl (C=O) groups excluding carboxylic acids is 5. The van der Waals surface area contributed by atoms with Crippen molar-refractivity contribution in [1.29, 1.82) is 0 Å². The van der Waals surface area contributed by atoms with Gasteiger partial charge in [-0.15, -0.1) is 0 Å². The molecule has 2 aliphatic heterocycles. The van der Waals surface area contributed by atoms with Crippen LogP contribution in [0.15, 0.2) is 0 Å². The summed E-state index contributed by atoms with van der Waals surface area (Å²) in [7, 11) is 0. The second-order valence-corrected chi connectivity index (χ2v) is 19.5. The van der Waals surface area contributed by atoms with Crippen LogP contribution in [0.1, 0.15) is 152 Å². The predicted molar refractivity (Wildman–Crippen MR) is 200 cm³/mol. The molecular weight excluding hydrogens is 733 g/mol. The Morgan fingerprint density at radius 3 is 1.68 bits per heavy atom. The molecule has 0 aromatic carbocycles. The van der Waals surface area contributed by atoms with Crippen molar-refractivity contribution in [2.24, 2.45) is 51.8 Å². The van der Waals surface area contributed by atoms with E-state index in [-0.39, 0.29) is 47.5 Å². The highest BCUT2D eigenvalue weighted by Crippen LogP contribution is 2.57. The average Bonchev–Trinajstić information content (AvgIpc) is 3.27. The fourth-order valence-corrected chi connectivity index (χ4v) is 9.32. The summed E-state index contributed by atoms with van der Waals surface area (Å²) in [6.45, 7) is 15.6. The van der Waals surface area contributed by atoms with Gasteiger partial charge in [-0.25, -0.2) is 4.79 Å². The van der Waals surface area contributed by atoms with Gasteiger partial charge in [0.05, 0.1) is 35.2 Å². The Morgan fingerprint density at radius 1 is 0.679 bits per heavy atom. The first-order valence-corrected chi connectivity index (χ1v) is 21.0. The number of rotatable bonds is 12. The second-order valence-electron chi connectivity index (χ2n) is 19.5. The Labute approximate surface area is 331 Å². The van der Waals surface area contributed by atoms with Gasteiger partial charge >= 0.3 is 36.0 Å². The fraction of sp³-hybridized carbons (Fsp3) is 0.884. The number of halogens is 3. The minimum absolute atomic E-state index is 0.0342. The van der Waals surface area contributed by atoms with Crippen LogP contribution in [0.5, 0.6) is 0 Å². The summed E-state index contributed by atoms with van der Waals surface area (Å²) in [4.78, 5) is 59.6. The van der Waals surface area contributed by atoms with Gasteiger partial charge in [-0.2, -0.15) is 13.2 Å². The molecule has 0 aromatic heterocycles. The van der Waals surface area contributed by atoms with Crippen molar-refractivity contribution in [3.05, 3.63) is 0 Å². The van der Waals surface area contributed by atoms with E-state index in [2.05, 4.69) is 11.7 Å². The van der Waals surface area contributed by atoms with Crippen LogP contribution in [-0.2, 0) is 47.7 Å². The standard InChI is InChI=1S/C18H26O6.C16H26O2.C9H15F3O2/c1-4-18(2,3)17(21)22-9-14(19)24-15-11-5-10-6-12(8-11)16(20)23-13(15)7-10;1-4-15(2,3)14(17)18-16-8-11-5-12(9-16)7-13(6-11)10-16;1-4-8(2,3)7(13)14-6-5-9(10,11)12/h10-13,15H,4-9H2,1-3H3;11-13H,4-10H2,1-3H3;4-6H2,1-3H3. The first-order chi connectivity index (χ1) is 25.9. The van der Waals surface area contributed by atoms with Crippen LogP contribution < -0.4 is 0 Å². The fourth-order valence-electron chi connectivity index (χ4n) is 9.32. The molecule has 0 amide bonds. The summed E-state index contributed by atoms with van der Waals surface area (Å²) in [6.07, 6.45) is 6.92. The van der Waals surface area contributed by atoms with Crippen molar-refractivity contribution >= 4 is 29.8 Å². The van der Waals surface area contributed by atoms with Crippen molar-refractivity contribution in [2.75, 3.05) is 13.2 Å². The van der Waals surface area contributed by atoms with Crippen LogP contribution in [0.25, 0.3) is 0 Å². The van der Waals surface area contributed by atoms with Gasteiger partial charge in [0.2, 0.25) is 0 Å². The zero-order valence-corrected chi connectivity index (χ0v) is 35.1. The Hall–Kier alpha value is -2.86. The van der Waals surface area contributed by atoms with Gasteiger partial charge in [0, 0.05) is 5.92 Å². The largest absolute Gasteiger partial charge is 0.465 e. The first kappa shape index (κ1) is 45.8. The minimum atomic E-state index is -4.27. The maximum absolute atomic E-state index is 12.4. The number of fused-ring (bicyclic) bond motifs is 1. The molecule has 6 saturated carbocycles. The van der Waals surface area contributed by atoms with Gasteiger partial charge in [-0.05, 0) is 149 Å². The number of alkyl halides is 3. The SMILES string of the molecule is CCC(C)(C)C(=O)OC12CC3CC(CC(C3)C1)C2.CCC(C)(C)C(=O)OCC(=O)OC1C2CC3CC(C2)C(=O)OC1C3.CCC(C)(C)C(=O)OCCC(F)(F)F. The van der Waals surface area contributed by atoms with Gasteiger partial charge in [0.15, 0.2) is 6.61 Å². The van der Waals surface area contributed by atoms with Crippen LogP contribution in [0.2, 0.25) is 0 Å². The Kier molecular flexibility index (Phi) is 14.7. The van der Waals surface area contributed by atoms with Crippen LogP contribution in [0.3, 0.4) is 0 Å². The van der Waals surface area contributed by atoms with E-state index in [1.807, 2.05) is 20.8 Å². The summed E-state index contributed by atoms with van der Waals surface area (Å²) in [5.41, 5.74) is -1.71. The summed E-state index contributed by atoms with van der Waals surface area (Å²) >= 11 is 0. The molecule has 2 heterocycles. The van der Waals surface area contributed by atoms with Gasteiger partial charge in [-0.3, -0.25) is 19.2 Å². The average molecular weight is 801 g/mol. The van der Waals surface area contributed by atoms with Crippen LogP contribution in [0, 0.1) is 51.8 Å². The minimum Gasteiger partial charge on any atom is -0.465 e. The molecule has 8 aliphatic rings. The van der Waals surface area contributed by atoms with E-state index in [1.54, 1.807) is 34.6 Å². The highest BCUT2D eigenvalue weighted by molar-refractivity contribution is 5.80. The maximum atomic E-state index is 12.4. The molecule has 8 rings (SSSR count). The quantitative estimate of drug-likeness (QED) is 0.139. The number of carbonyl (C=O) groups is 5. The highest BCUT2D eigenvalue weighted by Gasteiger charge is 2.54. The van der Waals surface area contributed by atoms with E-state index < -0.39 is 54.0 Å². The van der Waals surface area contributed by atoms with Crippen molar-refractivity contribution in [3.63, 3.8) is 0 Å². The third-order valence-corrected chi connectivity index (χ3v) is 13.6. The van der Waals surface area contributed by atoms with Crippen molar-refractivity contribution < 1.29 is 60.8 Å². The lowest BCUT2D eigenvalue weighted by Gasteiger charge is -2.56. The maximum Gasteiger partial charge on any atom is 0.392 e. The van der Waals surface area contributed by atoms with E-state index in [0.29, 0.717) is 18.8 Å². The van der Waals surface area contributed by atoms with Gasteiger partial charge in [0.25, 0.3) is 0 Å². The molecule has 6 aliphatic carbocycles. The van der Waals surface area contributed by atoms with Crippen LogP contribution >= 0.6 is 0 Å². The molecule has 320 valence electrons. The van der Waals surface area contributed by atoms with Gasteiger partial charge < -0.3 is 23.7 Å². The Morgan fingerprint density at radius 2 is 1.18 bits per heavy atom. The molecule has 0 N–H and O–H groups in total. The molecule has 5 atom stereocenters. The van der Waals surface area contributed by atoms with Gasteiger partial charge in [-0.1, -0.05) is 20.8 Å². The number of hydrogen-bond acceptors (Lipinski definition) is 10. The topological polar surface area (TPSA) is 132 Å². The summed E-state index contributed by atoms with van der Waals surface area (Å²) in [5, 5.41) is 0. The normalized spacial score (nSPS) is 31.5. The van der Waals surface area contributed by atoms with Crippen molar-refractivity contribution in [3.8, 4) is 0 Å². The highest BCUT2D eigenvalue weighted by atomic mass is 19.4. The lowest BCUT2D eigenvalue weighted by molar-refractivity contribution is -0.196. The summed E-state index contributed by atoms with van der Waals surface area (Å²) in [5.74, 6) is 1.47. The molecule has 56 heavy (non-hydrogen) atoms. The molecule has 10 nitrogen and oxygen atoms in total. The zero-order valence-electron chi connectivity index (χ0n) is 35.1. The molecule has 8 fully saturated rings. The molecule has 0 spiro atoms. The van der Waals surface area contributed by atoms with Crippen molar-refractivity contribution in [1.82, 2.24) is 0 Å². The van der Waals surface area contributed by atoms with Crippen LogP contribution in [0.4, 0.5) is 13.2 Å². The third-order valence-electron chi connectivity index (χ3n) is 13.6. The lowest BCUT2D eigenvalue weighted by atomic mass is 9.54. The van der Waals surface area contributed by atoms with Crippen molar-refractivity contribution in [2.45, 2.75) is 176 Å². The first-order valence-electron chi connectivity index (χ1n) is 21.0. The third kappa shape index (κ3) is 11.9. The molecule has 8 bridgehead atoms. The van der Waals surface area contributed by atoms with E-state index in [9.17, 15) is 37.1 Å². The summed E-state index contributed by atoms with van der Waals surface area (Å²) < 4.78 is 61.8. The predicted octanol–water partition coefficient (Wildman–Crippen LogP) is 9.09. The molecule has 5 unspecified atom stereocenters. The van der Waals surface area contributed by atoms with E-state index in [4.69, 9.17) is 18.9 Å². The molecule has 0 radical (unpaired) electrons. The van der Waals surface area contributed by atoms with E-state index in [0.717, 1.165) is 69.1 Å². The number of hydrogen-bond donors (Lipinski definition) is 0. The monoisotopic (exact) mass is 800 g/mol. The number of ether oxygens (including phenoxy) is 5.